The van der Waals surface area contributed by atoms with Crippen molar-refractivity contribution >= 4 is 62.7 Å². The van der Waals surface area contributed by atoms with Gasteiger partial charge in [-0.3, -0.25) is 9.44 Å². The number of sulfonamides is 2. The van der Waals surface area contributed by atoms with Crippen molar-refractivity contribution in [3.63, 3.8) is 0 Å². The number of sulfone groups is 1. The SMILES string of the molecule is COc1cc(S(C)(=O)=O)ccc1S(=O)(=O)Nc1ccccc1NS(=O)(=O)c1cc2ccccc2s1. The molecule has 0 aliphatic rings. The molecule has 0 unspecified atom stereocenters. The molecule has 0 radical (unpaired) electrons. The second-order valence-electron chi connectivity index (χ2n) is 7.44. The van der Waals surface area contributed by atoms with Gasteiger partial charge in [-0.15, -0.1) is 11.3 Å². The molecule has 4 aromatic rings. The molecule has 0 aliphatic carbocycles. The van der Waals surface area contributed by atoms with Gasteiger partial charge in [-0.05, 0) is 41.8 Å². The van der Waals surface area contributed by atoms with E-state index in [1.54, 1.807) is 30.3 Å². The van der Waals surface area contributed by atoms with E-state index >= 15 is 0 Å². The summed E-state index contributed by atoms with van der Waals surface area (Å²) in [6.07, 6.45) is 0.993. The fourth-order valence-corrected chi connectivity index (χ4v) is 7.59. The van der Waals surface area contributed by atoms with Gasteiger partial charge in [-0.1, -0.05) is 30.3 Å². The van der Waals surface area contributed by atoms with Gasteiger partial charge in [0.15, 0.2) is 9.84 Å². The third kappa shape index (κ3) is 5.27. The summed E-state index contributed by atoms with van der Waals surface area (Å²) in [6.45, 7) is 0. The van der Waals surface area contributed by atoms with Crippen LogP contribution in [0, 0.1) is 0 Å². The van der Waals surface area contributed by atoms with Crippen molar-refractivity contribution in [3.8, 4) is 5.75 Å². The maximum absolute atomic E-state index is 13.1. The first-order chi connectivity index (χ1) is 16.4. The number of ether oxygens (including phenoxy) is 1. The van der Waals surface area contributed by atoms with Gasteiger partial charge in [0.25, 0.3) is 20.0 Å². The molecule has 0 amide bonds. The maximum Gasteiger partial charge on any atom is 0.271 e. The molecule has 2 N–H and O–H groups in total. The van der Waals surface area contributed by atoms with E-state index in [0.29, 0.717) is 0 Å². The molecule has 13 heteroatoms. The van der Waals surface area contributed by atoms with Crippen LogP contribution in [-0.4, -0.2) is 38.6 Å². The van der Waals surface area contributed by atoms with E-state index < -0.39 is 29.9 Å². The zero-order chi connectivity index (χ0) is 25.4. The van der Waals surface area contributed by atoms with Gasteiger partial charge in [0.05, 0.1) is 23.4 Å². The summed E-state index contributed by atoms with van der Waals surface area (Å²) < 4.78 is 86.8. The van der Waals surface area contributed by atoms with Crippen molar-refractivity contribution < 1.29 is 30.0 Å². The second kappa shape index (κ2) is 9.15. The molecule has 0 aliphatic heterocycles. The van der Waals surface area contributed by atoms with Crippen molar-refractivity contribution in [1.82, 2.24) is 0 Å². The molecular formula is C22H20N2O7S4. The van der Waals surface area contributed by atoms with E-state index in [9.17, 15) is 25.3 Å². The van der Waals surface area contributed by atoms with Crippen LogP contribution in [0.1, 0.15) is 0 Å². The number of thiophene rings is 1. The van der Waals surface area contributed by atoms with Crippen LogP contribution in [0.2, 0.25) is 0 Å². The lowest BCUT2D eigenvalue weighted by Crippen LogP contribution is -2.18. The molecule has 1 heterocycles. The standard InChI is InChI=1S/C22H20N2O7S4/c1-31-19-14-16(33(2,25)26)11-12-21(19)34(27,28)23-17-8-4-5-9-18(17)24-35(29,30)22-13-15-7-3-6-10-20(15)32-22/h3-14,23-24H,1-2H3. The molecule has 0 atom stereocenters. The monoisotopic (exact) mass is 552 g/mol. The van der Waals surface area contributed by atoms with E-state index in [1.165, 1.54) is 19.2 Å². The lowest BCUT2D eigenvalue weighted by molar-refractivity contribution is 0.401. The Morgan fingerprint density at radius 3 is 1.94 bits per heavy atom. The second-order valence-corrected chi connectivity index (χ2v) is 14.1. The van der Waals surface area contributed by atoms with Gasteiger partial charge in [0.1, 0.15) is 14.9 Å². The Morgan fingerprint density at radius 1 is 0.743 bits per heavy atom. The van der Waals surface area contributed by atoms with Crippen LogP contribution < -0.4 is 14.2 Å². The average molecular weight is 553 g/mol. The van der Waals surface area contributed by atoms with Crippen LogP contribution in [-0.2, 0) is 29.9 Å². The van der Waals surface area contributed by atoms with Crippen LogP contribution in [0.5, 0.6) is 5.75 Å². The Hall–Kier alpha value is -3.13. The summed E-state index contributed by atoms with van der Waals surface area (Å²) in [7, 11) is -10.7. The maximum atomic E-state index is 13.1. The highest BCUT2D eigenvalue weighted by Gasteiger charge is 2.24. The number of hydrogen-bond acceptors (Lipinski definition) is 8. The van der Waals surface area contributed by atoms with Gasteiger partial charge >= 0.3 is 0 Å². The molecule has 3 aromatic carbocycles. The molecular weight excluding hydrogens is 533 g/mol. The first-order valence-electron chi connectivity index (χ1n) is 9.92. The van der Waals surface area contributed by atoms with Crippen molar-refractivity contribution in [2.45, 2.75) is 14.0 Å². The Morgan fingerprint density at radius 2 is 1.34 bits per heavy atom. The highest BCUT2D eigenvalue weighted by molar-refractivity contribution is 7.95. The minimum Gasteiger partial charge on any atom is -0.495 e. The van der Waals surface area contributed by atoms with Gasteiger partial charge in [0, 0.05) is 17.0 Å². The predicted molar refractivity (Wildman–Crippen MR) is 136 cm³/mol. The van der Waals surface area contributed by atoms with Gasteiger partial charge < -0.3 is 4.74 Å². The number of benzene rings is 3. The van der Waals surface area contributed by atoms with E-state index in [-0.39, 0.29) is 31.1 Å². The van der Waals surface area contributed by atoms with Crippen LogP contribution in [0.25, 0.3) is 10.1 Å². The zero-order valence-corrected chi connectivity index (χ0v) is 21.7. The molecule has 0 spiro atoms. The summed E-state index contributed by atoms with van der Waals surface area (Å²) >= 11 is 1.09. The molecule has 1 aromatic heterocycles. The number of nitrogens with one attached hydrogen (secondary N) is 2. The first-order valence-corrected chi connectivity index (χ1v) is 15.6. The van der Waals surface area contributed by atoms with E-state index in [2.05, 4.69) is 9.44 Å². The molecule has 0 fully saturated rings. The third-order valence-electron chi connectivity index (χ3n) is 4.94. The van der Waals surface area contributed by atoms with Crippen molar-refractivity contribution in [2.24, 2.45) is 0 Å². The quantitative estimate of drug-likeness (QED) is 0.338. The first kappa shape index (κ1) is 25.0. The number of hydrogen-bond donors (Lipinski definition) is 2. The normalized spacial score (nSPS) is 12.4. The van der Waals surface area contributed by atoms with Gasteiger partial charge in [-0.2, -0.15) is 0 Å². The van der Waals surface area contributed by atoms with E-state index in [1.807, 2.05) is 12.1 Å². The summed E-state index contributed by atoms with van der Waals surface area (Å²) in [5.41, 5.74) is -0.00770. The van der Waals surface area contributed by atoms with E-state index in [0.717, 1.165) is 45.9 Å². The topological polar surface area (TPSA) is 136 Å². The minimum atomic E-state index is -4.28. The Balaban J connectivity index is 1.68. The third-order valence-corrected chi connectivity index (χ3v) is 10.4. The summed E-state index contributed by atoms with van der Waals surface area (Å²) in [5, 5.41) is 0.775. The highest BCUT2D eigenvalue weighted by atomic mass is 32.2. The molecule has 0 saturated carbocycles. The number of fused-ring (bicyclic) bond motifs is 1. The van der Waals surface area contributed by atoms with Crippen LogP contribution >= 0.6 is 11.3 Å². The fraction of sp³-hybridized carbons (Fsp3) is 0.0909. The molecule has 35 heavy (non-hydrogen) atoms. The average Bonchev–Trinajstić information content (AvgIpc) is 3.24. The molecule has 184 valence electrons. The van der Waals surface area contributed by atoms with Crippen LogP contribution in [0.15, 0.2) is 86.8 Å². The fourth-order valence-electron chi connectivity index (χ4n) is 3.25. The minimum absolute atomic E-state index is 0.0141. The number of anilines is 2. The molecule has 0 bridgehead atoms. The number of rotatable bonds is 8. The largest absolute Gasteiger partial charge is 0.495 e. The number of para-hydroxylation sites is 2. The van der Waals surface area contributed by atoms with Gasteiger partial charge in [-0.25, -0.2) is 25.3 Å². The summed E-state index contributed by atoms with van der Waals surface area (Å²) in [5.74, 6) is -0.177. The van der Waals surface area contributed by atoms with Crippen molar-refractivity contribution in [2.75, 3.05) is 22.8 Å². The Kier molecular flexibility index (Phi) is 6.53. The molecule has 4 rings (SSSR count). The Labute approximate surface area is 207 Å². The van der Waals surface area contributed by atoms with Crippen molar-refractivity contribution in [3.05, 3.63) is 72.8 Å². The van der Waals surface area contributed by atoms with Crippen molar-refractivity contribution in [1.29, 1.82) is 0 Å². The number of methoxy groups -OCH3 is 1. The van der Waals surface area contributed by atoms with E-state index in [4.69, 9.17) is 4.74 Å². The Bertz CT molecular complexity index is 1710. The highest BCUT2D eigenvalue weighted by Crippen LogP contribution is 2.34. The van der Waals surface area contributed by atoms with Gasteiger partial charge in [0.2, 0.25) is 0 Å². The smallest absolute Gasteiger partial charge is 0.271 e. The summed E-state index contributed by atoms with van der Waals surface area (Å²) in [4.78, 5) is -0.417. The predicted octanol–water partition coefficient (Wildman–Crippen LogP) is 3.92. The molecule has 0 saturated heterocycles. The zero-order valence-electron chi connectivity index (χ0n) is 18.4. The van der Waals surface area contributed by atoms with Crippen LogP contribution in [0.3, 0.4) is 0 Å². The molecule has 9 nitrogen and oxygen atoms in total. The summed E-state index contributed by atoms with van der Waals surface area (Å²) in [6, 6.07) is 18.1. The lowest BCUT2D eigenvalue weighted by atomic mass is 10.3. The van der Waals surface area contributed by atoms with Crippen LogP contribution in [0.4, 0.5) is 11.4 Å². The lowest BCUT2D eigenvalue weighted by Gasteiger charge is -2.16.